The van der Waals surface area contributed by atoms with E-state index in [2.05, 4.69) is 10.3 Å². The zero-order valence-electron chi connectivity index (χ0n) is 10.2. The van der Waals surface area contributed by atoms with Gasteiger partial charge in [-0.25, -0.2) is 0 Å². The van der Waals surface area contributed by atoms with Gasteiger partial charge in [0.2, 0.25) is 5.91 Å². The lowest BCUT2D eigenvalue weighted by molar-refractivity contribution is 0.100. The van der Waals surface area contributed by atoms with Crippen LogP contribution in [0.15, 0.2) is 42.6 Å². The molecule has 0 fully saturated rings. The summed E-state index contributed by atoms with van der Waals surface area (Å²) in [5, 5.41) is 3.26. The third-order valence-corrected chi connectivity index (χ3v) is 2.65. The number of carbonyl (C=O) groups excluding carboxylic acids is 1. The number of hydrogen-bond donors (Lipinski definition) is 2. The van der Waals surface area contributed by atoms with Crippen molar-refractivity contribution in [1.82, 2.24) is 4.98 Å². The summed E-state index contributed by atoms with van der Waals surface area (Å²) in [5.74, 6) is -0.405. The lowest BCUT2D eigenvalue weighted by atomic mass is 10.1. The number of aromatic nitrogens is 1. The first-order chi connectivity index (χ1) is 8.65. The zero-order chi connectivity index (χ0) is 13.0. The minimum absolute atomic E-state index is 0.405. The Balaban J connectivity index is 1.97. The SMILES string of the molecule is Cc1ccc(NCc2ccc(C(N)=O)cc2)cn1. The summed E-state index contributed by atoms with van der Waals surface area (Å²) in [6, 6.07) is 11.2. The van der Waals surface area contributed by atoms with Gasteiger partial charge in [0, 0.05) is 17.8 Å². The van der Waals surface area contributed by atoms with E-state index in [9.17, 15) is 4.79 Å². The number of hydrogen-bond acceptors (Lipinski definition) is 3. The number of pyridine rings is 1. The highest BCUT2D eigenvalue weighted by Crippen LogP contribution is 2.09. The van der Waals surface area contributed by atoms with Crippen LogP contribution >= 0.6 is 0 Å². The predicted molar refractivity (Wildman–Crippen MR) is 71.3 cm³/mol. The summed E-state index contributed by atoms with van der Waals surface area (Å²) >= 11 is 0. The number of amides is 1. The third-order valence-electron chi connectivity index (χ3n) is 2.65. The first-order valence-electron chi connectivity index (χ1n) is 5.70. The molecule has 4 nitrogen and oxygen atoms in total. The Morgan fingerprint density at radius 3 is 2.50 bits per heavy atom. The van der Waals surface area contributed by atoms with Crippen LogP contribution in [0.3, 0.4) is 0 Å². The van der Waals surface area contributed by atoms with Crippen LogP contribution in [0.4, 0.5) is 5.69 Å². The number of nitrogens with zero attached hydrogens (tertiary/aromatic N) is 1. The molecule has 0 bridgehead atoms. The largest absolute Gasteiger partial charge is 0.380 e. The summed E-state index contributed by atoms with van der Waals surface area (Å²) in [6.45, 7) is 2.64. The first kappa shape index (κ1) is 12.1. The Morgan fingerprint density at radius 2 is 1.94 bits per heavy atom. The molecule has 2 aromatic rings. The minimum atomic E-state index is -0.405. The Morgan fingerprint density at radius 1 is 1.22 bits per heavy atom. The number of carbonyl (C=O) groups is 1. The first-order valence-corrected chi connectivity index (χ1v) is 5.70. The quantitative estimate of drug-likeness (QED) is 0.861. The van der Waals surface area contributed by atoms with Crippen molar-refractivity contribution in [1.29, 1.82) is 0 Å². The van der Waals surface area contributed by atoms with Gasteiger partial charge in [-0.15, -0.1) is 0 Å². The van der Waals surface area contributed by atoms with Gasteiger partial charge < -0.3 is 11.1 Å². The number of rotatable bonds is 4. The van der Waals surface area contributed by atoms with E-state index >= 15 is 0 Å². The number of primary amides is 1. The maximum absolute atomic E-state index is 10.9. The molecule has 0 spiro atoms. The monoisotopic (exact) mass is 241 g/mol. The average Bonchev–Trinajstić information content (AvgIpc) is 2.38. The van der Waals surface area contributed by atoms with Gasteiger partial charge in [-0.1, -0.05) is 12.1 Å². The Labute approximate surface area is 106 Å². The summed E-state index contributed by atoms with van der Waals surface area (Å²) < 4.78 is 0. The van der Waals surface area contributed by atoms with E-state index in [1.807, 2.05) is 31.2 Å². The van der Waals surface area contributed by atoms with Crippen LogP contribution in [-0.4, -0.2) is 10.9 Å². The van der Waals surface area contributed by atoms with Crippen molar-refractivity contribution in [2.75, 3.05) is 5.32 Å². The molecule has 1 heterocycles. The van der Waals surface area contributed by atoms with E-state index in [1.165, 1.54) is 0 Å². The molecule has 0 radical (unpaired) electrons. The second kappa shape index (κ2) is 5.31. The van der Waals surface area contributed by atoms with Crippen molar-refractivity contribution in [2.45, 2.75) is 13.5 Å². The molecule has 0 aliphatic heterocycles. The molecule has 18 heavy (non-hydrogen) atoms. The smallest absolute Gasteiger partial charge is 0.248 e. The third kappa shape index (κ3) is 3.07. The van der Waals surface area contributed by atoms with Gasteiger partial charge >= 0.3 is 0 Å². The van der Waals surface area contributed by atoms with Crippen molar-refractivity contribution >= 4 is 11.6 Å². The van der Waals surface area contributed by atoms with E-state index in [4.69, 9.17) is 5.73 Å². The second-order valence-electron chi connectivity index (χ2n) is 4.10. The van der Waals surface area contributed by atoms with E-state index < -0.39 is 5.91 Å². The highest BCUT2D eigenvalue weighted by molar-refractivity contribution is 5.92. The van der Waals surface area contributed by atoms with Gasteiger partial charge in [-0.05, 0) is 36.8 Å². The molecule has 4 heteroatoms. The van der Waals surface area contributed by atoms with Gasteiger partial charge in [0.05, 0.1) is 11.9 Å². The molecule has 0 saturated heterocycles. The van der Waals surface area contributed by atoms with Crippen molar-refractivity contribution in [3.05, 3.63) is 59.4 Å². The average molecular weight is 241 g/mol. The lowest BCUT2D eigenvalue weighted by Crippen LogP contribution is -2.10. The Hall–Kier alpha value is -2.36. The number of nitrogens with one attached hydrogen (secondary N) is 1. The molecule has 0 saturated carbocycles. The van der Waals surface area contributed by atoms with Gasteiger partial charge in [-0.2, -0.15) is 0 Å². The number of aryl methyl sites for hydroxylation is 1. The number of anilines is 1. The maximum atomic E-state index is 10.9. The fraction of sp³-hybridized carbons (Fsp3) is 0.143. The van der Waals surface area contributed by atoms with Crippen LogP contribution in [-0.2, 0) is 6.54 Å². The molecule has 3 N–H and O–H groups in total. The standard InChI is InChI=1S/C14H15N3O/c1-10-2-7-13(9-16-10)17-8-11-3-5-12(6-4-11)14(15)18/h2-7,9,17H,8H2,1H3,(H2,15,18). The Kier molecular flexibility index (Phi) is 3.57. The highest BCUT2D eigenvalue weighted by Gasteiger charge is 1.99. The van der Waals surface area contributed by atoms with E-state index in [0.717, 1.165) is 16.9 Å². The van der Waals surface area contributed by atoms with Gasteiger partial charge in [0.25, 0.3) is 0 Å². The van der Waals surface area contributed by atoms with Crippen LogP contribution in [0.5, 0.6) is 0 Å². The summed E-state index contributed by atoms with van der Waals surface area (Å²) in [7, 11) is 0. The number of benzene rings is 1. The van der Waals surface area contributed by atoms with Gasteiger partial charge in [0.1, 0.15) is 0 Å². The molecular formula is C14H15N3O. The van der Waals surface area contributed by atoms with E-state index in [1.54, 1.807) is 18.3 Å². The lowest BCUT2D eigenvalue weighted by Gasteiger charge is -2.06. The van der Waals surface area contributed by atoms with Crippen LogP contribution < -0.4 is 11.1 Å². The Bertz CT molecular complexity index is 532. The summed E-state index contributed by atoms with van der Waals surface area (Å²) in [6.07, 6.45) is 1.80. The molecule has 0 unspecified atom stereocenters. The summed E-state index contributed by atoms with van der Waals surface area (Å²) in [4.78, 5) is 15.1. The molecule has 1 aromatic heterocycles. The van der Waals surface area contributed by atoms with Crippen LogP contribution in [0.25, 0.3) is 0 Å². The van der Waals surface area contributed by atoms with E-state index in [0.29, 0.717) is 12.1 Å². The minimum Gasteiger partial charge on any atom is -0.380 e. The normalized spacial score (nSPS) is 10.1. The maximum Gasteiger partial charge on any atom is 0.248 e. The fourth-order valence-electron chi connectivity index (χ4n) is 1.56. The van der Waals surface area contributed by atoms with Crippen molar-refractivity contribution < 1.29 is 4.79 Å². The van der Waals surface area contributed by atoms with Crippen LogP contribution in [0.1, 0.15) is 21.6 Å². The molecule has 1 aromatic carbocycles. The zero-order valence-corrected chi connectivity index (χ0v) is 10.2. The fourth-order valence-corrected chi connectivity index (χ4v) is 1.56. The van der Waals surface area contributed by atoms with E-state index in [-0.39, 0.29) is 0 Å². The summed E-state index contributed by atoms with van der Waals surface area (Å²) in [5.41, 5.74) is 8.75. The molecule has 0 atom stereocenters. The molecular weight excluding hydrogens is 226 g/mol. The van der Waals surface area contributed by atoms with Crippen molar-refractivity contribution in [3.63, 3.8) is 0 Å². The molecule has 92 valence electrons. The van der Waals surface area contributed by atoms with Crippen molar-refractivity contribution in [2.24, 2.45) is 5.73 Å². The van der Waals surface area contributed by atoms with Crippen LogP contribution in [0.2, 0.25) is 0 Å². The molecule has 0 aliphatic carbocycles. The second-order valence-corrected chi connectivity index (χ2v) is 4.10. The number of nitrogens with two attached hydrogens (primary N) is 1. The predicted octanol–water partition coefficient (Wildman–Crippen LogP) is 2.10. The van der Waals surface area contributed by atoms with Gasteiger partial charge in [-0.3, -0.25) is 9.78 Å². The van der Waals surface area contributed by atoms with Crippen molar-refractivity contribution in [3.8, 4) is 0 Å². The molecule has 2 rings (SSSR count). The molecule has 1 amide bonds. The van der Waals surface area contributed by atoms with Crippen LogP contribution in [0, 0.1) is 6.92 Å². The highest BCUT2D eigenvalue weighted by atomic mass is 16.1. The molecule has 0 aliphatic rings. The topological polar surface area (TPSA) is 68.0 Å². The van der Waals surface area contributed by atoms with Gasteiger partial charge in [0.15, 0.2) is 0 Å².